The zero-order chi connectivity index (χ0) is 22.3. The van der Waals surface area contributed by atoms with E-state index in [-0.39, 0.29) is 51.8 Å². The molecule has 166 valence electrons. The Kier molecular flexibility index (Phi) is 5.59. The topological polar surface area (TPSA) is 103 Å². The monoisotopic (exact) mass is 425 g/mol. The van der Waals surface area contributed by atoms with Gasteiger partial charge in [0.2, 0.25) is 5.91 Å². The van der Waals surface area contributed by atoms with Gasteiger partial charge in [-0.1, -0.05) is 13.3 Å². The lowest BCUT2D eigenvalue weighted by Gasteiger charge is -2.40. The summed E-state index contributed by atoms with van der Waals surface area (Å²) in [4.78, 5) is 28.3. The summed E-state index contributed by atoms with van der Waals surface area (Å²) in [7, 11) is 3.16. The van der Waals surface area contributed by atoms with Crippen LogP contribution in [0.2, 0.25) is 0 Å². The molecule has 0 heterocycles. The summed E-state index contributed by atoms with van der Waals surface area (Å²) >= 11 is 0. The van der Waals surface area contributed by atoms with Gasteiger partial charge in [-0.15, -0.1) is 0 Å². The van der Waals surface area contributed by atoms with Crippen LogP contribution in [0.4, 0.5) is 0 Å². The summed E-state index contributed by atoms with van der Waals surface area (Å²) in [6, 6.07) is 4.38. The van der Waals surface area contributed by atoms with Crippen molar-refractivity contribution in [3.8, 4) is 17.6 Å². The van der Waals surface area contributed by atoms with Crippen molar-refractivity contribution in [2.45, 2.75) is 51.5 Å². The van der Waals surface area contributed by atoms with Crippen molar-refractivity contribution in [1.82, 2.24) is 10.2 Å². The van der Waals surface area contributed by atoms with Gasteiger partial charge in [0.05, 0.1) is 24.2 Å². The van der Waals surface area contributed by atoms with Gasteiger partial charge in [-0.3, -0.25) is 9.59 Å². The second-order valence-corrected chi connectivity index (χ2v) is 9.83. The third-order valence-electron chi connectivity index (χ3n) is 7.86. The number of ether oxygens (including phenoxy) is 1. The lowest BCUT2D eigenvalue weighted by atomic mass is 9.70. The zero-order valence-electron chi connectivity index (χ0n) is 18.5. The number of fused-ring (bicyclic) bond motifs is 2. The van der Waals surface area contributed by atoms with Crippen LogP contribution in [0, 0.1) is 34.5 Å². The minimum atomic E-state index is -0.307. The van der Waals surface area contributed by atoms with Crippen molar-refractivity contribution in [2.24, 2.45) is 23.2 Å². The first-order chi connectivity index (χ1) is 14.8. The highest BCUT2D eigenvalue weighted by molar-refractivity contribution is 5.98. The highest BCUT2D eigenvalue weighted by Gasteiger charge is 2.53. The Morgan fingerprint density at radius 1 is 1.32 bits per heavy atom. The number of aromatic hydroxyl groups is 1. The molecule has 7 heteroatoms. The Morgan fingerprint density at radius 2 is 2.03 bits per heavy atom. The molecule has 0 unspecified atom stereocenters. The number of nitrogens with one attached hydrogen (secondary N) is 1. The fraction of sp³-hybridized carbons (Fsp3) is 0.625. The maximum atomic E-state index is 13.4. The predicted octanol–water partition coefficient (Wildman–Crippen LogP) is 3.07. The first-order valence-corrected chi connectivity index (χ1v) is 11.1. The average Bonchev–Trinajstić information content (AvgIpc) is 3.36. The minimum Gasteiger partial charge on any atom is -0.507 e. The highest BCUT2D eigenvalue weighted by Crippen LogP contribution is 2.51. The Labute approximate surface area is 183 Å². The van der Waals surface area contributed by atoms with Crippen LogP contribution >= 0.6 is 0 Å². The van der Waals surface area contributed by atoms with E-state index < -0.39 is 0 Å². The van der Waals surface area contributed by atoms with E-state index in [4.69, 9.17) is 10.00 Å². The van der Waals surface area contributed by atoms with Gasteiger partial charge in [0.15, 0.2) is 0 Å². The molecule has 0 aromatic heterocycles. The van der Waals surface area contributed by atoms with Crippen molar-refractivity contribution in [1.29, 1.82) is 5.26 Å². The molecule has 1 aromatic carbocycles. The number of carbonyl (C=O) groups is 2. The number of benzene rings is 1. The number of nitrogens with zero attached hydrogens (tertiary/aromatic N) is 2. The van der Waals surface area contributed by atoms with Crippen LogP contribution in [0.1, 0.15) is 61.4 Å². The predicted molar refractivity (Wildman–Crippen MR) is 115 cm³/mol. The van der Waals surface area contributed by atoms with Crippen LogP contribution in [-0.2, 0) is 4.79 Å². The second-order valence-electron chi connectivity index (χ2n) is 9.83. The van der Waals surface area contributed by atoms with Crippen molar-refractivity contribution in [3.63, 3.8) is 0 Å². The maximum Gasteiger partial charge on any atom is 0.257 e. The molecule has 4 atom stereocenters. The lowest BCUT2D eigenvalue weighted by molar-refractivity contribution is -0.129. The van der Waals surface area contributed by atoms with Gasteiger partial charge in [-0.25, -0.2) is 0 Å². The third-order valence-corrected chi connectivity index (χ3v) is 7.86. The summed E-state index contributed by atoms with van der Waals surface area (Å²) in [5, 5.41) is 22.4. The third kappa shape index (κ3) is 3.73. The van der Waals surface area contributed by atoms with Crippen molar-refractivity contribution in [2.75, 3.05) is 20.7 Å². The van der Waals surface area contributed by atoms with Gasteiger partial charge in [0, 0.05) is 25.7 Å². The van der Waals surface area contributed by atoms with E-state index in [9.17, 15) is 14.7 Å². The molecule has 3 aliphatic carbocycles. The Hall–Kier alpha value is -2.75. The van der Waals surface area contributed by atoms with Crippen molar-refractivity contribution in [3.05, 3.63) is 23.3 Å². The molecular formula is C24H31N3O4. The van der Waals surface area contributed by atoms with E-state index in [1.165, 1.54) is 25.7 Å². The maximum absolute atomic E-state index is 13.4. The molecule has 3 fully saturated rings. The van der Waals surface area contributed by atoms with Gasteiger partial charge in [-0.2, -0.15) is 5.26 Å². The van der Waals surface area contributed by atoms with Gasteiger partial charge >= 0.3 is 0 Å². The molecule has 2 bridgehead atoms. The van der Waals surface area contributed by atoms with Gasteiger partial charge in [0.1, 0.15) is 17.6 Å². The molecule has 31 heavy (non-hydrogen) atoms. The molecule has 7 nitrogen and oxygen atoms in total. The van der Waals surface area contributed by atoms with Gasteiger partial charge < -0.3 is 20.1 Å². The van der Waals surface area contributed by atoms with E-state index in [0.29, 0.717) is 18.4 Å². The van der Waals surface area contributed by atoms with E-state index in [1.54, 1.807) is 11.9 Å². The van der Waals surface area contributed by atoms with E-state index >= 15 is 0 Å². The first kappa shape index (κ1) is 21.5. The summed E-state index contributed by atoms with van der Waals surface area (Å²) in [5.74, 6) is 0.124. The lowest BCUT2D eigenvalue weighted by Crippen LogP contribution is -2.52. The molecule has 0 aliphatic heterocycles. The standard InChI is InChI=1S/C24H31N3O4/c1-24(7-4-8-24)13-26-22(29)20-14-5-6-15(9-14)21(20)27(2)23(30)17-11-18(28)16(12-25)10-19(17)31-3/h10-11,14-15,20-21,28H,4-9,13H2,1-3H3,(H,26,29)/t14-,15+,20+,21-/m1/s1. The summed E-state index contributed by atoms with van der Waals surface area (Å²) in [6.07, 6.45) is 6.53. The van der Waals surface area contributed by atoms with Crippen molar-refractivity contribution < 1.29 is 19.4 Å². The second kappa shape index (κ2) is 8.07. The van der Waals surface area contributed by atoms with Crippen molar-refractivity contribution >= 4 is 11.8 Å². The summed E-state index contributed by atoms with van der Waals surface area (Å²) < 4.78 is 5.32. The molecule has 3 saturated carbocycles. The highest BCUT2D eigenvalue weighted by atomic mass is 16.5. The van der Waals surface area contributed by atoms with Crippen LogP contribution in [-0.4, -0.2) is 48.6 Å². The number of hydrogen-bond donors (Lipinski definition) is 2. The number of methoxy groups -OCH3 is 1. The summed E-state index contributed by atoms with van der Waals surface area (Å²) in [6.45, 7) is 2.91. The zero-order valence-corrected chi connectivity index (χ0v) is 18.5. The van der Waals surface area contributed by atoms with Crippen LogP contribution < -0.4 is 10.1 Å². The van der Waals surface area contributed by atoms with Crippen LogP contribution in [0.15, 0.2) is 12.1 Å². The fourth-order valence-electron chi connectivity index (χ4n) is 5.88. The molecule has 0 radical (unpaired) electrons. The average molecular weight is 426 g/mol. The number of rotatable bonds is 6. The molecule has 4 rings (SSSR count). The molecule has 0 spiro atoms. The number of amides is 2. The van der Waals surface area contributed by atoms with Crippen LogP contribution in [0.25, 0.3) is 0 Å². The quantitative estimate of drug-likeness (QED) is 0.729. The number of hydrogen-bond acceptors (Lipinski definition) is 5. The molecular weight excluding hydrogens is 394 g/mol. The van der Waals surface area contributed by atoms with Crippen LogP contribution in [0.3, 0.4) is 0 Å². The molecule has 2 N–H and O–H groups in total. The molecule has 2 amide bonds. The minimum absolute atomic E-state index is 0.0534. The SMILES string of the molecule is COc1cc(C#N)c(O)cc1C(=O)N(C)[C@@H]1[C@H]2CC[C@H](C2)[C@@H]1C(=O)NCC1(C)CCC1. The Morgan fingerprint density at radius 3 is 2.65 bits per heavy atom. The normalized spacial score (nSPS) is 27.8. The van der Waals surface area contributed by atoms with Gasteiger partial charge in [0.25, 0.3) is 5.91 Å². The first-order valence-electron chi connectivity index (χ1n) is 11.1. The van der Waals surface area contributed by atoms with E-state index in [2.05, 4.69) is 12.2 Å². The van der Waals surface area contributed by atoms with E-state index in [1.807, 2.05) is 6.07 Å². The Balaban J connectivity index is 1.55. The molecule has 1 aromatic rings. The van der Waals surface area contributed by atoms with E-state index in [0.717, 1.165) is 32.1 Å². The summed E-state index contributed by atoms with van der Waals surface area (Å²) in [5.41, 5.74) is 0.459. The number of phenols is 1. The number of carbonyl (C=O) groups excluding carboxylic acids is 2. The smallest absolute Gasteiger partial charge is 0.257 e. The molecule has 3 aliphatic rings. The number of nitriles is 1. The fourth-order valence-corrected chi connectivity index (χ4v) is 5.88. The Bertz CT molecular complexity index is 933. The molecule has 0 saturated heterocycles. The van der Waals surface area contributed by atoms with Crippen LogP contribution in [0.5, 0.6) is 11.5 Å². The largest absolute Gasteiger partial charge is 0.507 e. The van der Waals surface area contributed by atoms with Gasteiger partial charge in [-0.05, 0) is 55.4 Å². The number of phenolic OH excluding ortho intramolecular Hbond substituents is 1.